The molecule has 0 radical (unpaired) electrons. The molecule has 4 atom stereocenters. The Morgan fingerprint density at radius 1 is 0.758 bits per heavy atom. The van der Waals surface area contributed by atoms with Gasteiger partial charge in [0.05, 0.1) is 6.04 Å². The maximum Gasteiger partial charge on any atom is 0.326 e. The summed E-state index contributed by atoms with van der Waals surface area (Å²) in [6, 6.07) is -5.07. The van der Waals surface area contributed by atoms with Crippen molar-refractivity contribution < 1.29 is 44.1 Å². The fraction of sp³-hybridized carbons (Fsp3) is 0.684. The molecule has 0 bridgehead atoms. The van der Waals surface area contributed by atoms with Crippen LogP contribution in [0, 0.1) is 5.92 Å². The van der Waals surface area contributed by atoms with E-state index in [-0.39, 0.29) is 24.5 Å². The average molecular weight is 493 g/mol. The molecule has 0 rings (SSSR count). The number of nitrogens with one attached hydrogen (secondary N) is 3. The molecule has 13 nitrogen and oxygen atoms in total. The fourth-order valence-corrected chi connectivity index (χ4v) is 2.84. The van der Waals surface area contributed by atoms with E-state index in [0.717, 1.165) is 0 Å². The minimum Gasteiger partial charge on any atom is -0.481 e. The van der Waals surface area contributed by atoms with Crippen LogP contribution in [0.2, 0.25) is 0 Å². The molecule has 0 saturated carbocycles. The van der Waals surface area contributed by atoms with Gasteiger partial charge < -0.3 is 37.0 Å². The molecule has 0 aliphatic carbocycles. The maximum absolute atomic E-state index is 12.8. The fourth-order valence-electron chi connectivity index (χ4n) is 2.67. The molecular formula is C19H32N4O9S. The molecule has 0 aromatic heterocycles. The van der Waals surface area contributed by atoms with Crippen molar-refractivity contribution in [2.75, 3.05) is 5.75 Å². The van der Waals surface area contributed by atoms with Crippen LogP contribution in [0.15, 0.2) is 0 Å². The highest BCUT2D eigenvalue weighted by molar-refractivity contribution is 7.80. The average Bonchev–Trinajstić information content (AvgIpc) is 2.71. The molecule has 0 fully saturated rings. The van der Waals surface area contributed by atoms with Crippen LogP contribution in [-0.4, -0.2) is 80.9 Å². The normalized spacial score (nSPS) is 14.5. The zero-order chi connectivity index (χ0) is 25.7. The van der Waals surface area contributed by atoms with E-state index < -0.39 is 79.1 Å². The second-order valence-electron chi connectivity index (χ2n) is 7.81. The number of rotatable bonds is 16. The molecule has 188 valence electrons. The Balaban J connectivity index is 5.54. The van der Waals surface area contributed by atoms with E-state index in [2.05, 4.69) is 28.6 Å². The Morgan fingerprint density at radius 3 is 1.61 bits per heavy atom. The predicted octanol–water partition coefficient (Wildman–Crippen LogP) is -1.44. The molecule has 33 heavy (non-hydrogen) atoms. The van der Waals surface area contributed by atoms with Crippen LogP contribution in [0.5, 0.6) is 0 Å². The number of amides is 3. The van der Waals surface area contributed by atoms with Gasteiger partial charge in [-0.25, -0.2) is 4.79 Å². The summed E-state index contributed by atoms with van der Waals surface area (Å²) < 4.78 is 0. The maximum atomic E-state index is 12.8. The quantitative estimate of drug-likeness (QED) is 0.117. The summed E-state index contributed by atoms with van der Waals surface area (Å²) in [4.78, 5) is 70.6. The summed E-state index contributed by atoms with van der Waals surface area (Å²) in [7, 11) is 0. The molecule has 8 N–H and O–H groups in total. The summed E-state index contributed by atoms with van der Waals surface area (Å²) in [6.45, 7) is 3.58. The first-order valence-corrected chi connectivity index (χ1v) is 10.9. The van der Waals surface area contributed by atoms with Gasteiger partial charge in [0.2, 0.25) is 17.7 Å². The van der Waals surface area contributed by atoms with Crippen molar-refractivity contribution in [1.82, 2.24) is 16.0 Å². The SMILES string of the molecule is CC(C)CC(NC(=O)C(N)CS)C(=O)NC(CCC(=O)O)C(=O)NC(CCC(=O)O)C(=O)O. The third kappa shape index (κ3) is 12.7. The number of thiol groups is 1. The van der Waals surface area contributed by atoms with Gasteiger partial charge in [0.15, 0.2) is 0 Å². The summed E-state index contributed by atoms with van der Waals surface area (Å²) in [5, 5.41) is 33.8. The lowest BCUT2D eigenvalue weighted by atomic mass is 10.0. The molecule has 0 aliphatic heterocycles. The van der Waals surface area contributed by atoms with Gasteiger partial charge in [-0.1, -0.05) is 13.8 Å². The van der Waals surface area contributed by atoms with E-state index >= 15 is 0 Å². The third-order valence-corrected chi connectivity index (χ3v) is 4.81. The molecule has 0 saturated heterocycles. The second-order valence-corrected chi connectivity index (χ2v) is 8.17. The number of carbonyl (C=O) groups excluding carboxylic acids is 3. The largest absolute Gasteiger partial charge is 0.481 e. The zero-order valence-electron chi connectivity index (χ0n) is 18.4. The lowest BCUT2D eigenvalue weighted by Crippen LogP contribution is -2.57. The second kappa shape index (κ2) is 15.1. The van der Waals surface area contributed by atoms with E-state index in [1.54, 1.807) is 13.8 Å². The number of hydrogen-bond donors (Lipinski definition) is 8. The van der Waals surface area contributed by atoms with Crippen LogP contribution < -0.4 is 21.7 Å². The molecule has 3 amide bonds. The van der Waals surface area contributed by atoms with Crippen molar-refractivity contribution in [2.45, 2.75) is 70.1 Å². The Kier molecular flexibility index (Phi) is 13.7. The van der Waals surface area contributed by atoms with Gasteiger partial charge in [0.1, 0.15) is 18.1 Å². The Morgan fingerprint density at radius 2 is 1.18 bits per heavy atom. The smallest absolute Gasteiger partial charge is 0.326 e. The first-order valence-electron chi connectivity index (χ1n) is 10.2. The number of aliphatic carboxylic acids is 3. The highest BCUT2D eigenvalue weighted by Gasteiger charge is 2.31. The first-order chi connectivity index (χ1) is 15.3. The predicted molar refractivity (Wildman–Crippen MR) is 118 cm³/mol. The van der Waals surface area contributed by atoms with Gasteiger partial charge in [-0.2, -0.15) is 12.6 Å². The standard InChI is InChI=1S/C19H32N4O9S/c1-9(2)7-13(23-16(28)10(20)8-33)18(30)21-11(3-5-14(24)25)17(29)22-12(19(31)32)4-6-15(26)27/h9-13,33H,3-8,20H2,1-2H3,(H,21,30)(H,22,29)(H,23,28)(H,24,25)(H,26,27)(H,31,32). The molecule has 0 spiro atoms. The zero-order valence-corrected chi connectivity index (χ0v) is 19.3. The Labute approximate surface area is 196 Å². The van der Waals surface area contributed by atoms with Crippen LogP contribution in [0.3, 0.4) is 0 Å². The van der Waals surface area contributed by atoms with Crippen molar-refractivity contribution in [3.8, 4) is 0 Å². The van der Waals surface area contributed by atoms with Crippen molar-refractivity contribution in [3.63, 3.8) is 0 Å². The van der Waals surface area contributed by atoms with E-state index in [9.17, 15) is 33.9 Å². The van der Waals surface area contributed by atoms with Gasteiger partial charge in [-0.05, 0) is 25.2 Å². The van der Waals surface area contributed by atoms with Crippen molar-refractivity contribution in [3.05, 3.63) is 0 Å². The van der Waals surface area contributed by atoms with Crippen LogP contribution in [0.1, 0.15) is 46.0 Å². The minimum atomic E-state index is -1.56. The van der Waals surface area contributed by atoms with Crippen molar-refractivity contribution in [1.29, 1.82) is 0 Å². The number of carboxylic acid groups (broad SMARTS) is 3. The number of hydrogen-bond acceptors (Lipinski definition) is 8. The van der Waals surface area contributed by atoms with Crippen molar-refractivity contribution in [2.24, 2.45) is 11.7 Å². The molecule has 0 aromatic rings. The van der Waals surface area contributed by atoms with Gasteiger partial charge in [0.25, 0.3) is 0 Å². The topological polar surface area (TPSA) is 225 Å². The minimum absolute atomic E-state index is 0.0262. The number of carboxylic acids is 3. The van der Waals surface area contributed by atoms with Gasteiger partial charge >= 0.3 is 17.9 Å². The number of nitrogens with two attached hydrogens (primary N) is 1. The highest BCUT2D eigenvalue weighted by Crippen LogP contribution is 2.08. The van der Waals surface area contributed by atoms with E-state index in [0.29, 0.717) is 0 Å². The Bertz CT molecular complexity index is 732. The van der Waals surface area contributed by atoms with Gasteiger partial charge in [0, 0.05) is 18.6 Å². The lowest BCUT2D eigenvalue weighted by Gasteiger charge is -2.25. The first kappa shape index (κ1) is 30.1. The lowest BCUT2D eigenvalue weighted by molar-refractivity contribution is -0.144. The van der Waals surface area contributed by atoms with Gasteiger partial charge in [-0.15, -0.1) is 0 Å². The van der Waals surface area contributed by atoms with Crippen LogP contribution in [-0.2, 0) is 28.8 Å². The van der Waals surface area contributed by atoms with E-state index in [1.807, 2.05) is 0 Å². The van der Waals surface area contributed by atoms with Crippen LogP contribution in [0.4, 0.5) is 0 Å². The van der Waals surface area contributed by atoms with E-state index in [4.69, 9.17) is 15.9 Å². The summed E-state index contributed by atoms with van der Waals surface area (Å²) in [5.74, 6) is -6.45. The monoisotopic (exact) mass is 492 g/mol. The Hall–Kier alpha value is -2.87. The van der Waals surface area contributed by atoms with E-state index in [1.165, 1.54) is 0 Å². The molecule has 0 aliphatic rings. The van der Waals surface area contributed by atoms with Gasteiger partial charge in [-0.3, -0.25) is 24.0 Å². The molecule has 0 heterocycles. The van der Waals surface area contributed by atoms with Crippen LogP contribution >= 0.6 is 12.6 Å². The van der Waals surface area contributed by atoms with Crippen molar-refractivity contribution >= 4 is 48.3 Å². The van der Waals surface area contributed by atoms with Crippen LogP contribution in [0.25, 0.3) is 0 Å². The molecular weight excluding hydrogens is 460 g/mol. The highest BCUT2D eigenvalue weighted by atomic mass is 32.1. The molecule has 14 heteroatoms. The summed E-state index contributed by atoms with van der Waals surface area (Å²) in [5.41, 5.74) is 5.61. The molecule has 0 aromatic carbocycles. The summed E-state index contributed by atoms with van der Waals surface area (Å²) >= 11 is 3.93. The summed E-state index contributed by atoms with van der Waals surface area (Å²) in [6.07, 6.45) is -1.64. The third-order valence-electron chi connectivity index (χ3n) is 4.41. The molecule has 4 unspecified atom stereocenters. The number of carbonyl (C=O) groups is 6.